The summed E-state index contributed by atoms with van der Waals surface area (Å²) in [6.07, 6.45) is -1.38. The quantitative estimate of drug-likeness (QED) is 0.493. The van der Waals surface area contributed by atoms with Crippen molar-refractivity contribution in [1.82, 2.24) is 9.66 Å². The van der Waals surface area contributed by atoms with Gasteiger partial charge in [-0.25, -0.2) is 18.4 Å². The molecule has 0 unspecified atom stereocenters. The lowest BCUT2D eigenvalue weighted by Gasteiger charge is -2.14. The molecule has 0 amide bonds. The van der Waals surface area contributed by atoms with Crippen LogP contribution < -0.4 is 11.0 Å². The number of aromatic nitrogens is 2. The van der Waals surface area contributed by atoms with Crippen molar-refractivity contribution in [1.29, 1.82) is 0 Å². The van der Waals surface area contributed by atoms with Crippen LogP contribution in [0.5, 0.6) is 0 Å². The number of hydrogen-bond donors (Lipinski definition) is 1. The van der Waals surface area contributed by atoms with Crippen molar-refractivity contribution >= 4 is 55.9 Å². The van der Waals surface area contributed by atoms with Gasteiger partial charge in [-0.05, 0) is 36.1 Å². The Bertz CT molecular complexity index is 1030. The predicted octanol–water partition coefficient (Wildman–Crippen LogP) is 5.74. The molecule has 4 nitrogen and oxygen atoms in total. The van der Waals surface area contributed by atoms with E-state index in [1.165, 1.54) is 12.4 Å². The molecule has 0 aliphatic heterocycles. The number of halogens is 4. The number of hydrogen-bond acceptors (Lipinski definition) is 4. The summed E-state index contributed by atoms with van der Waals surface area (Å²) in [5.41, 5.74) is 3.20. The fourth-order valence-electron chi connectivity index (χ4n) is 2.41. The highest BCUT2D eigenvalue weighted by Crippen LogP contribution is 2.31. The first-order valence-electron chi connectivity index (χ1n) is 7.59. The lowest BCUT2D eigenvalue weighted by Crippen LogP contribution is -2.27. The largest absolute Gasteiger partial charge is 0.289 e. The highest BCUT2D eigenvalue weighted by atomic mass is 79.9. The van der Waals surface area contributed by atoms with E-state index < -0.39 is 12.0 Å². The smallest absolute Gasteiger partial charge is 0.280 e. The maximum atomic E-state index is 13.1. The van der Waals surface area contributed by atoms with E-state index in [0.717, 1.165) is 21.4 Å². The molecule has 1 heterocycles. The summed E-state index contributed by atoms with van der Waals surface area (Å²) in [6.45, 7) is 2.01. The van der Waals surface area contributed by atoms with Crippen molar-refractivity contribution in [3.63, 3.8) is 0 Å². The highest BCUT2D eigenvalue weighted by Gasteiger charge is 2.16. The van der Waals surface area contributed by atoms with E-state index in [4.69, 9.17) is 11.6 Å². The molecule has 2 aromatic carbocycles. The van der Waals surface area contributed by atoms with Crippen molar-refractivity contribution in [3.05, 3.63) is 62.1 Å². The maximum Gasteiger partial charge on any atom is 0.280 e. The van der Waals surface area contributed by atoms with Gasteiger partial charge in [0.05, 0.1) is 16.6 Å². The van der Waals surface area contributed by atoms with Crippen molar-refractivity contribution < 1.29 is 8.78 Å². The summed E-state index contributed by atoms with van der Waals surface area (Å²) in [5, 5.41) is 0.615. The van der Waals surface area contributed by atoms with Crippen LogP contribution >= 0.6 is 39.3 Å². The Hall–Kier alpha value is -1.64. The average Bonchev–Trinajstić information content (AvgIpc) is 2.59. The molecule has 0 atom stereocenters. The zero-order valence-electron chi connectivity index (χ0n) is 13.5. The Kier molecular flexibility index (Phi) is 5.84. The van der Waals surface area contributed by atoms with Gasteiger partial charge in [0, 0.05) is 20.0 Å². The molecule has 1 N–H and O–H groups in total. The molecule has 3 rings (SSSR count). The Morgan fingerprint density at radius 2 is 2.12 bits per heavy atom. The number of thioether (sulfide) groups is 1. The average molecular weight is 461 g/mol. The summed E-state index contributed by atoms with van der Waals surface area (Å²) in [7, 11) is 0. The standard InChI is InChI=1S/C17H13BrClF2N3OS/c1-2-26-15-4-3-9(19)5-14(15)23-24-8-22-13-7-12(18)10(16(20)21)6-11(13)17(24)25/h3-8,16,23H,2H2,1H3. The van der Waals surface area contributed by atoms with Gasteiger partial charge in [-0.3, -0.25) is 10.2 Å². The summed E-state index contributed by atoms with van der Waals surface area (Å²) >= 11 is 10.7. The van der Waals surface area contributed by atoms with Crippen LogP contribution in [0.1, 0.15) is 18.9 Å². The number of anilines is 1. The number of alkyl halides is 2. The molecule has 0 bridgehead atoms. The van der Waals surface area contributed by atoms with Crippen LogP contribution in [0.4, 0.5) is 14.5 Å². The molecule has 26 heavy (non-hydrogen) atoms. The van der Waals surface area contributed by atoms with Gasteiger partial charge in [0.2, 0.25) is 0 Å². The van der Waals surface area contributed by atoms with E-state index in [1.54, 1.807) is 23.9 Å². The molecule has 0 fully saturated rings. The topological polar surface area (TPSA) is 46.9 Å². The van der Waals surface area contributed by atoms with Gasteiger partial charge in [0.15, 0.2) is 0 Å². The summed E-state index contributed by atoms with van der Waals surface area (Å²) < 4.78 is 27.6. The van der Waals surface area contributed by atoms with E-state index in [1.807, 2.05) is 13.0 Å². The Balaban J connectivity index is 2.10. The van der Waals surface area contributed by atoms with E-state index in [2.05, 4.69) is 26.3 Å². The van der Waals surface area contributed by atoms with Gasteiger partial charge in [-0.1, -0.05) is 34.5 Å². The third-order valence-corrected chi connectivity index (χ3v) is 5.47. The first-order chi connectivity index (χ1) is 12.4. The fourth-order valence-corrected chi connectivity index (χ4v) is 3.82. The molecule has 1 aromatic heterocycles. The Morgan fingerprint density at radius 1 is 1.35 bits per heavy atom. The summed E-state index contributed by atoms with van der Waals surface area (Å²) in [5.74, 6) is 0.840. The first-order valence-corrected chi connectivity index (χ1v) is 9.74. The fraction of sp³-hybridized carbons (Fsp3) is 0.176. The van der Waals surface area contributed by atoms with Gasteiger partial charge in [0.25, 0.3) is 12.0 Å². The molecule has 0 aliphatic carbocycles. The van der Waals surface area contributed by atoms with E-state index in [9.17, 15) is 13.6 Å². The molecule has 3 aromatic rings. The van der Waals surface area contributed by atoms with Crippen LogP contribution in [0, 0.1) is 0 Å². The molecular weight excluding hydrogens is 448 g/mol. The van der Waals surface area contributed by atoms with Crippen molar-refractivity contribution in [2.75, 3.05) is 11.2 Å². The molecule has 0 aliphatic rings. The zero-order valence-corrected chi connectivity index (χ0v) is 16.6. The van der Waals surface area contributed by atoms with Crippen molar-refractivity contribution in [3.8, 4) is 0 Å². The summed E-state index contributed by atoms with van der Waals surface area (Å²) in [4.78, 5) is 17.8. The van der Waals surface area contributed by atoms with Crippen LogP contribution in [0.3, 0.4) is 0 Å². The van der Waals surface area contributed by atoms with Gasteiger partial charge in [-0.15, -0.1) is 11.8 Å². The van der Waals surface area contributed by atoms with Crippen LogP contribution in [-0.4, -0.2) is 15.4 Å². The second kappa shape index (κ2) is 7.94. The third-order valence-electron chi connectivity index (χ3n) is 3.59. The summed E-state index contributed by atoms with van der Waals surface area (Å²) in [6, 6.07) is 7.89. The lowest BCUT2D eigenvalue weighted by molar-refractivity contribution is 0.150. The Labute approximate surface area is 165 Å². The molecule has 9 heteroatoms. The van der Waals surface area contributed by atoms with Crippen molar-refractivity contribution in [2.24, 2.45) is 0 Å². The second-order valence-electron chi connectivity index (χ2n) is 5.30. The molecule has 0 saturated heterocycles. The van der Waals surface area contributed by atoms with E-state index in [0.29, 0.717) is 16.2 Å². The van der Waals surface area contributed by atoms with Gasteiger partial charge >= 0.3 is 0 Å². The van der Waals surface area contributed by atoms with Gasteiger partial charge in [-0.2, -0.15) is 0 Å². The monoisotopic (exact) mass is 459 g/mol. The number of nitrogens with zero attached hydrogens (tertiary/aromatic N) is 2. The Morgan fingerprint density at radius 3 is 2.81 bits per heavy atom. The third kappa shape index (κ3) is 3.87. The number of nitrogens with one attached hydrogen (secondary N) is 1. The SMILES string of the molecule is CCSc1ccc(Cl)cc1Nn1cnc2cc(Br)c(C(F)F)cc2c1=O. The molecule has 136 valence electrons. The van der Waals surface area contributed by atoms with E-state index in [-0.39, 0.29) is 15.4 Å². The van der Waals surface area contributed by atoms with Gasteiger partial charge < -0.3 is 0 Å². The van der Waals surface area contributed by atoms with Crippen molar-refractivity contribution in [2.45, 2.75) is 18.2 Å². The van der Waals surface area contributed by atoms with Crippen LogP contribution in [0.15, 0.2) is 50.8 Å². The lowest BCUT2D eigenvalue weighted by atomic mass is 10.1. The van der Waals surface area contributed by atoms with Crippen LogP contribution in [0.2, 0.25) is 5.02 Å². The normalized spacial score (nSPS) is 11.3. The minimum Gasteiger partial charge on any atom is -0.289 e. The number of fused-ring (bicyclic) bond motifs is 1. The second-order valence-corrected chi connectivity index (χ2v) is 7.89. The van der Waals surface area contributed by atoms with Crippen LogP contribution in [-0.2, 0) is 0 Å². The highest BCUT2D eigenvalue weighted by molar-refractivity contribution is 9.10. The molecule has 0 saturated carbocycles. The zero-order chi connectivity index (χ0) is 18.8. The maximum absolute atomic E-state index is 13.1. The number of rotatable bonds is 5. The molecular formula is C17H13BrClF2N3OS. The number of benzene rings is 2. The molecule has 0 spiro atoms. The van der Waals surface area contributed by atoms with E-state index >= 15 is 0 Å². The van der Waals surface area contributed by atoms with Crippen LogP contribution in [0.25, 0.3) is 10.9 Å². The molecule has 0 radical (unpaired) electrons. The minimum absolute atomic E-state index is 0.102. The predicted molar refractivity (Wildman–Crippen MR) is 106 cm³/mol. The minimum atomic E-state index is -2.70. The first kappa shape index (κ1) is 19.1. The van der Waals surface area contributed by atoms with Gasteiger partial charge in [0.1, 0.15) is 6.33 Å².